The van der Waals surface area contributed by atoms with Gasteiger partial charge in [0.05, 0.1) is 11.3 Å². The van der Waals surface area contributed by atoms with Gasteiger partial charge in [-0.15, -0.1) is 11.8 Å². The second-order valence-electron chi connectivity index (χ2n) is 6.82. The number of Topliss-reactive ketones (excluding diaryl/α,β-unsaturated/α-hetero) is 1. The number of benzene rings is 2. The third kappa shape index (κ3) is 6.27. The summed E-state index contributed by atoms with van der Waals surface area (Å²) in [5.41, 5.74) is 0.180. The standard InChI is InChI=1S/C21H23Cl2NO2S/c1-15(25)9-10-24(20(26)14-27-19-7-5-4-6-8-19)21(2,3)16-11-17(22)13-18(23)12-16/h4-8,11-13H,9-10,14H2,1-3H3. The van der Waals surface area contributed by atoms with Crippen LogP contribution in [0.5, 0.6) is 0 Å². The topological polar surface area (TPSA) is 37.4 Å². The van der Waals surface area contributed by atoms with Crippen LogP contribution < -0.4 is 0 Å². The number of ketones is 1. The molecule has 0 heterocycles. The number of rotatable bonds is 8. The minimum atomic E-state index is -0.654. The number of nitrogens with zero attached hydrogens (tertiary/aromatic N) is 1. The number of carbonyl (C=O) groups excluding carboxylic acids is 2. The average Bonchev–Trinajstić information content (AvgIpc) is 2.59. The molecular weight excluding hydrogens is 401 g/mol. The summed E-state index contributed by atoms with van der Waals surface area (Å²) in [5.74, 6) is 0.300. The van der Waals surface area contributed by atoms with Gasteiger partial charge in [0.25, 0.3) is 0 Å². The molecule has 0 aliphatic rings. The van der Waals surface area contributed by atoms with E-state index in [4.69, 9.17) is 23.2 Å². The molecule has 27 heavy (non-hydrogen) atoms. The molecule has 0 fully saturated rings. The molecule has 1 amide bonds. The summed E-state index contributed by atoms with van der Waals surface area (Å²) in [7, 11) is 0. The van der Waals surface area contributed by atoms with Gasteiger partial charge in [-0.3, -0.25) is 9.59 Å². The molecule has 0 radical (unpaired) electrons. The predicted octanol–water partition coefficient (Wildman–Crippen LogP) is 5.83. The van der Waals surface area contributed by atoms with Gasteiger partial charge in [0, 0.05) is 27.9 Å². The monoisotopic (exact) mass is 423 g/mol. The van der Waals surface area contributed by atoms with E-state index in [9.17, 15) is 9.59 Å². The zero-order chi connectivity index (χ0) is 20.0. The van der Waals surface area contributed by atoms with E-state index in [0.717, 1.165) is 10.5 Å². The van der Waals surface area contributed by atoms with E-state index in [1.807, 2.05) is 56.3 Å². The summed E-state index contributed by atoms with van der Waals surface area (Å²) < 4.78 is 0. The second kappa shape index (κ2) is 9.63. The van der Waals surface area contributed by atoms with Crippen molar-refractivity contribution in [3.8, 4) is 0 Å². The normalized spacial score (nSPS) is 11.3. The number of thioether (sulfide) groups is 1. The Morgan fingerprint density at radius 1 is 1.04 bits per heavy atom. The van der Waals surface area contributed by atoms with Crippen LogP contribution in [0.15, 0.2) is 53.4 Å². The fourth-order valence-electron chi connectivity index (χ4n) is 2.79. The zero-order valence-electron chi connectivity index (χ0n) is 15.7. The first-order valence-corrected chi connectivity index (χ1v) is 10.4. The quantitative estimate of drug-likeness (QED) is 0.501. The summed E-state index contributed by atoms with van der Waals surface area (Å²) in [6.45, 7) is 5.77. The Balaban J connectivity index is 2.25. The van der Waals surface area contributed by atoms with E-state index in [2.05, 4.69) is 0 Å². The molecule has 2 rings (SSSR count). The van der Waals surface area contributed by atoms with Crippen LogP contribution >= 0.6 is 35.0 Å². The van der Waals surface area contributed by atoms with Gasteiger partial charge in [-0.25, -0.2) is 0 Å². The Labute approximate surface area is 175 Å². The SMILES string of the molecule is CC(=O)CCN(C(=O)CSc1ccccc1)C(C)(C)c1cc(Cl)cc(Cl)c1. The molecule has 0 saturated carbocycles. The molecule has 0 unspecified atom stereocenters. The highest BCUT2D eigenvalue weighted by Gasteiger charge is 2.33. The van der Waals surface area contributed by atoms with Crippen LogP contribution in [-0.4, -0.2) is 28.9 Å². The summed E-state index contributed by atoms with van der Waals surface area (Å²) >= 11 is 13.8. The van der Waals surface area contributed by atoms with Gasteiger partial charge >= 0.3 is 0 Å². The van der Waals surface area contributed by atoms with Crippen molar-refractivity contribution in [1.82, 2.24) is 4.90 Å². The van der Waals surface area contributed by atoms with Crippen molar-refractivity contribution < 1.29 is 9.59 Å². The molecule has 0 aromatic heterocycles. The fourth-order valence-corrected chi connectivity index (χ4v) is 4.11. The van der Waals surface area contributed by atoms with Crippen molar-refractivity contribution in [2.24, 2.45) is 0 Å². The highest BCUT2D eigenvalue weighted by atomic mass is 35.5. The van der Waals surface area contributed by atoms with Gasteiger partial charge in [-0.2, -0.15) is 0 Å². The highest BCUT2D eigenvalue weighted by molar-refractivity contribution is 8.00. The van der Waals surface area contributed by atoms with Crippen LogP contribution in [0.4, 0.5) is 0 Å². The van der Waals surface area contributed by atoms with Crippen molar-refractivity contribution in [2.75, 3.05) is 12.3 Å². The number of hydrogen-bond donors (Lipinski definition) is 0. The lowest BCUT2D eigenvalue weighted by atomic mass is 9.91. The lowest BCUT2D eigenvalue weighted by Crippen LogP contribution is -2.47. The first-order valence-electron chi connectivity index (χ1n) is 8.64. The molecule has 0 atom stereocenters. The first kappa shape index (κ1) is 21.8. The van der Waals surface area contributed by atoms with Gasteiger partial charge in [0.2, 0.25) is 5.91 Å². The van der Waals surface area contributed by atoms with E-state index >= 15 is 0 Å². The summed E-state index contributed by atoms with van der Waals surface area (Å²) in [5, 5.41) is 1.03. The Hall–Kier alpha value is -1.49. The Bertz CT molecular complexity index is 789. The molecule has 0 bridgehead atoms. The molecule has 0 aliphatic heterocycles. The molecule has 3 nitrogen and oxygen atoms in total. The molecule has 6 heteroatoms. The molecule has 0 saturated heterocycles. The van der Waals surface area contributed by atoms with Crippen LogP contribution in [0.1, 0.15) is 32.8 Å². The predicted molar refractivity (Wildman–Crippen MR) is 114 cm³/mol. The third-order valence-corrected chi connectivity index (χ3v) is 5.77. The Kier molecular flexibility index (Phi) is 7.78. The van der Waals surface area contributed by atoms with Gasteiger partial charge in [-0.1, -0.05) is 41.4 Å². The number of carbonyl (C=O) groups is 2. The van der Waals surface area contributed by atoms with Crippen LogP contribution in [0.2, 0.25) is 10.0 Å². The molecule has 0 N–H and O–H groups in total. The lowest BCUT2D eigenvalue weighted by Gasteiger charge is -2.39. The van der Waals surface area contributed by atoms with E-state index in [1.54, 1.807) is 11.0 Å². The van der Waals surface area contributed by atoms with Crippen molar-refractivity contribution in [3.05, 3.63) is 64.1 Å². The zero-order valence-corrected chi connectivity index (χ0v) is 18.0. The number of hydrogen-bond acceptors (Lipinski definition) is 3. The number of amides is 1. The van der Waals surface area contributed by atoms with Crippen molar-refractivity contribution in [1.29, 1.82) is 0 Å². The summed E-state index contributed by atoms with van der Waals surface area (Å²) in [6, 6.07) is 15.1. The molecule has 2 aromatic rings. The van der Waals surface area contributed by atoms with Crippen molar-refractivity contribution in [2.45, 2.75) is 37.6 Å². The third-order valence-electron chi connectivity index (χ3n) is 4.34. The smallest absolute Gasteiger partial charge is 0.233 e. The lowest BCUT2D eigenvalue weighted by molar-refractivity contribution is -0.134. The molecular formula is C21H23Cl2NO2S. The first-order chi connectivity index (χ1) is 12.7. The number of halogens is 2. The van der Waals surface area contributed by atoms with Crippen LogP contribution in [0.3, 0.4) is 0 Å². The molecule has 0 aliphatic carbocycles. The minimum Gasteiger partial charge on any atom is -0.332 e. The van der Waals surface area contributed by atoms with Gasteiger partial charge in [0.1, 0.15) is 5.78 Å². The largest absolute Gasteiger partial charge is 0.332 e. The van der Waals surface area contributed by atoms with Gasteiger partial charge in [0.15, 0.2) is 0 Å². The fraction of sp³-hybridized carbons (Fsp3) is 0.333. The van der Waals surface area contributed by atoms with E-state index in [0.29, 0.717) is 28.8 Å². The second-order valence-corrected chi connectivity index (χ2v) is 8.74. The average molecular weight is 424 g/mol. The van der Waals surface area contributed by atoms with Crippen LogP contribution in [0.25, 0.3) is 0 Å². The van der Waals surface area contributed by atoms with Crippen LogP contribution in [-0.2, 0) is 15.1 Å². The Morgan fingerprint density at radius 3 is 2.19 bits per heavy atom. The molecule has 2 aromatic carbocycles. The van der Waals surface area contributed by atoms with Gasteiger partial charge < -0.3 is 4.90 Å². The van der Waals surface area contributed by atoms with E-state index in [1.165, 1.54) is 18.7 Å². The molecule has 0 spiro atoms. The van der Waals surface area contributed by atoms with Gasteiger partial charge in [-0.05, 0) is 56.7 Å². The summed E-state index contributed by atoms with van der Waals surface area (Å²) in [6.07, 6.45) is 0.305. The van der Waals surface area contributed by atoms with E-state index in [-0.39, 0.29) is 11.7 Å². The van der Waals surface area contributed by atoms with Crippen molar-refractivity contribution >= 4 is 46.7 Å². The summed E-state index contributed by atoms with van der Waals surface area (Å²) in [4.78, 5) is 27.4. The highest BCUT2D eigenvalue weighted by Crippen LogP contribution is 2.33. The van der Waals surface area contributed by atoms with Crippen LogP contribution in [0, 0.1) is 0 Å². The molecule has 144 valence electrons. The Morgan fingerprint density at radius 2 is 1.63 bits per heavy atom. The maximum Gasteiger partial charge on any atom is 0.233 e. The minimum absolute atomic E-state index is 0.0359. The van der Waals surface area contributed by atoms with E-state index < -0.39 is 5.54 Å². The van der Waals surface area contributed by atoms with Crippen molar-refractivity contribution in [3.63, 3.8) is 0 Å². The maximum atomic E-state index is 13.0. The maximum absolute atomic E-state index is 13.0.